The van der Waals surface area contributed by atoms with Crippen LogP contribution in [0.15, 0.2) is 37.9 Å². The van der Waals surface area contributed by atoms with Crippen LogP contribution in [-0.2, 0) is 7.05 Å². The third kappa shape index (κ3) is 1.44. The quantitative estimate of drug-likeness (QED) is 0.637. The summed E-state index contributed by atoms with van der Waals surface area (Å²) in [7, 11) is 1.78. The highest BCUT2D eigenvalue weighted by Gasteiger charge is 2.12. The van der Waals surface area contributed by atoms with Crippen molar-refractivity contribution >= 4 is 37.8 Å². The van der Waals surface area contributed by atoms with Crippen molar-refractivity contribution in [1.29, 1.82) is 0 Å². The highest BCUT2D eigenvalue weighted by Crippen LogP contribution is 2.27. The molecule has 0 atom stereocenters. The minimum absolute atomic E-state index is 0.0216. The number of rotatable bonds is 0. The lowest BCUT2D eigenvalue weighted by Gasteiger charge is -2.05. The van der Waals surface area contributed by atoms with Crippen molar-refractivity contribution in [2.75, 3.05) is 0 Å². The molecule has 0 radical (unpaired) electrons. The fourth-order valence-electron chi connectivity index (χ4n) is 2.15. The van der Waals surface area contributed by atoms with Gasteiger partial charge in [0, 0.05) is 16.9 Å². The van der Waals surface area contributed by atoms with E-state index in [0.717, 1.165) is 21.1 Å². The Labute approximate surface area is 106 Å². The number of pyridine rings is 1. The van der Waals surface area contributed by atoms with Gasteiger partial charge >= 0.3 is 0 Å². The van der Waals surface area contributed by atoms with Gasteiger partial charge in [0.15, 0.2) is 0 Å². The van der Waals surface area contributed by atoms with Gasteiger partial charge in [0.1, 0.15) is 11.3 Å². The molecule has 3 nitrogen and oxygen atoms in total. The molecule has 0 saturated carbocycles. The highest BCUT2D eigenvalue weighted by atomic mass is 79.9. The van der Waals surface area contributed by atoms with Crippen molar-refractivity contribution in [1.82, 2.24) is 4.57 Å². The van der Waals surface area contributed by atoms with Gasteiger partial charge in [0.25, 0.3) is 5.56 Å². The number of aryl methyl sites for hydroxylation is 2. The van der Waals surface area contributed by atoms with Crippen LogP contribution < -0.4 is 5.56 Å². The smallest absolute Gasteiger partial charge is 0.261 e. The average molecular weight is 292 g/mol. The van der Waals surface area contributed by atoms with Crippen LogP contribution in [0.25, 0.3) is 21.9 Å². The first-order valence-electron chi connectivity index (χ1n) is 5.26. The molecule has 0 aliphatic rings. The molecule has 0 saturated heterocycles. The van der Waals surface area contributed by atoms with Gasteiger partial charge in [-0.2, -0.15) is 0 Å². The van der Waals surface area contributed by atoms with Crippen molar-refractivity contribution < 1.29 is 4.42 Å². The lowest BCUT2D eigenvalue weighted by Crippen LogP contribution is -2.16. The third-order valence-corrected chi connectivity index (χ3v) is 3.45. The second-order valence-electron chi connectivity index (χ2n) is 4.13. The number of fused-ring (bicyclic) bond motifs is 3. The SMILES string of the molecule is Cc1cc2c(=O)n(C)c3ccc(Br)cc3c2o1. The first-order chi connectivity index (χ1) is 8.08. The summed E-state index contributed by atoms with van der Waals surface area (Å²) in [5.41, 5.74) is 1.52. The molecule has 0 amide bonds. The Hall–Kier alpha value is -1.55. The summed E-state index contributed by atoms with van der Waals surface area (Å²) in [6, 6.07) is 7.60. The number of aromatic nitrogens is 1. The number of furan rings is 1. The first-order valence-corrected chi connectivity index (χ1v) is 6.05. The normalized spacial score (nSPS) is 11.5. The predicted octanol–water partition coefficient (Wildman–Crippen LogP) is 3.36. The number of halogens is 1. The van der Waals surface area contributed by atoms with Gasteiger partial charge < -0.3 is 8.98 Å². The Morgan fingerprint density at radius 2 is 2.00 bits per heavy atom. The lowest BCUT2D eigenvalue weighted by atomic mass is 10.1. The first kappa shape index (κ1) is 10.6. The molecule has 0 spiro atoms. The van der Waals surface area contributed by atoms with Crippen molar-refractivity contribution in [2.24, 2.45) is 7.05 Å². The van der Waals surface area contributed by atoms with E-state index in [-0.39, 0.29) is 5.56 Å². The van der Waals surface area contributed by atoms with Crippen molar-refractivity contribution in [3.05, 3.63) is 44.9 Å². The molecule has 4 heteroatoms. The molecule has 0 N–H and O–H groups in total. The summed E-state index contributed by atoms with van der Waals surface area (Å²) in [6.45, 7) is 1.85. The zero-order valence-electron chi connectivity index (χ0n) is 9.45. The maximum Gasteiger partial charge on any atom is 0.261 e. The number of hydrogen-bond donors (Lipinski definition) is 0. The van der Waals surface area contributed by atoms with E-state index < -0.39 is 0 Å². The van der Waals surface area contributed by atoms with Gasteiger partial charge in [-0.25, -0.2) is 0 Å². The molecule has 2 heterocycles. The second kappa shape index (κ2) is 3.47. The molecular weight excluding hydrogens is 282 g/mol. The Morgan fingerprint density at radius 1 is 1.24 bits per heavy atom. The molecule has 0 unspecified atom stereocenters. The molecule has 3 aromatic rings. The van der Waals surface area contributed by atoms with E-state index in [1.807, 2.05) is 25.1 Å². The van der Waals surface area contributed by atoms with E-state index in [2.05, 4.69) is 15.9 Å². The molecule has 86 valence electrons. The van der Waals surface area contributed by atoms with Gasteiger partial charge in [-0.3, -0.25) is 4.79 Å². The van der Waals surface area contributed by atoms with Crippen molar-refractivity contribution in [3.8, 4) is 0 Å². The topological polar surface area (TPSA) is 35.1 Å². The summed E-state index contributed by atoms with van der Waals surface area (Å²) in [5.74, 6) is 0.754. The van der Waals surface area contributed by atoms with Gasteiger partial charge in [0.2, 0.25) is 0 Å². The lowest BCUT2D eigenvalue weighted by molar-refractivity contribution is 0.581. The molecule has 17 heavy (non-hydrogen) atoms. The maximum atomic E-state index is 12.1. The third-order valence-electron chi connectivity index (χ3n) is 2.95. The van der Waals surface area contributed by atoms with Crippen LogP contribution in [0.1, 0.15) is 5.76 Å². The molecular formula is C13H10BrNO2. The monoisotopic (exact) mass is 291 g/mol. The fourth-order valence-corrected chi connectivity index (χ4v) is 2.51. The van der Waals surface area contributed by atoms with Crippen molar-refractivity contribution in [2.45, 2.75) is 6.92 Å². The summed E-state index contributed by atoms with van der Waals surface area (Å²) >= 11 is 3.44. The van der Waals surface area contributed by atoms with Crippen LogP contribution in [0.2, 0.25) is 0 Å². The molecule has 1 aromatic carbocycles. The number of nitrogens with zero attached hydrogens (tertiary/aromatic N) is 1. The minimum atomic E-state index is -0.0216. The Morgan fingerprint density at radius 3 is 2.76 bits per heavy atom. The number of hydrogen-bond acceptors (Lipinski definition) is 2. The minimum Gasteiger partial charge on any atom is -0.460 e. The van der Waals surface area contributed by atoms with Gasteiger partial charge in [-0.05, 0) is 31.2 Å². The summed E-state index contributed by atoms with van der Waals surface area (Å²) in [5, 5.41) is 1.58. The predicted molar refractivity (Wildman–Crippen MR) is 71.4 cm³/mol. The largest absolute Gasteiger partial charge is 0.460 e. The number of benzene rings is 1. The summed E-state index contributed by atoms with van der Waals surface area (Å²) in [4.78, 5) is 12.1. The van der Waals surface area contributed by atoms with E-state index in [1.54, 1.807) is 17.7 Å². The standard InChI is InChI=1S/C13H10BrNO2/c1-7-5-10-12(17-7)9-6-8(14)3-4-11(9)15(2)13(10)16/h3-6H,1-2H3. The molecule has 2 aromatic heterocycles. The van der Waals surface area contributed by atoms with E-state index in [1.165, 1.54) is 0 Å². The van der Waals surface area contributed by atoms with Crippen LogP contribution in [-0.4, -0.2) is 4.57 Å². The molecule has 0 aliphatic heterocycles. The van der Waals surface area contributed by atoms with Gasteiger partial charge in [-0.1, -0.05) is 15.9 Å². The van der Waals surface area contributed by atoms with Crippen LogP contribution in [0.5, 0.6) is 0 Å². The maximum absolute atomic E-state index is 12.1. The molecule has 0 fully saturated rings. The van der Waals surface area contributed by atoms with E-state index in [9.17, 15) is 4.79 Å². The Balaban J connectivity index is 2.70. The zero-order chi connectivity index (χ0) is 12.2. The fraction of sp³-hybridized carbons (Fsp3) is 0.154. The van der Waals surface area contributed by atoms with Gasteiger partial charge in [-0.15, -0.1) is 0 Å². The highest BCUT2D eigenvalue weighted by molar-refractivity contribution is 9.10. The van der Waals surface area contributed by atoms with E-state index in [4.69, 9.17) is 4.42 Å². The zero-order valence-corrected chi connectivity index (χ0v) is 11.0. The van der Waals surface area contributed by atoms with Crippen LogP contribution in [0.4, 0.5) is 0 Å². The van der Waals surface area contributed by atoms with Crippen molar-refractivity contribution in [3.63, 3.8) is 0 Å². The Kier molecular flexibility index (Phi) is 2.16. The summed E-state index contributed by atoms with van der Waals surface area (Å²) < 4.78 is 8.26. The Bertz CT molecular complexity index is 798. The van der Waals surface area contributed by atoms with E-state index >= 15 is 0 Å². The van der Waals surface area contributed by atoms with Gasteiger partial charge in [0.05, 0.1) is 10.9 Å². The summed E-state index contributed by atoms with van der Waals surface area (Å²) in [6.07, 6.45) is 0. The molecule has 0 aliphatic carbocycles. The molecule has 0 bridgehead atoms. The second-order valence-corrected chi connectivity index (χ2v) is 5.04. The van der Waals surface area contributed by atoms with Crippen LogP contribution in [0.3, 0.4) is 0 Å². The van der Waals surface area contributed by atoms with Crippen LogP contribution in [0, 0.1) is 6.92 Å². The average Bonchev–Trinajstić information content (AvgIpc) is 2.68. The van der Waals surface area contributed by atoms with E-state index in [0.29, 0.717) is 11.0 Å². The van der Waals surface area contributed by atoms with Crippen LogP contribution >= 0.6 is 15.9 Å². The molecule has 3 rings (SSSR count).